The van der Waals surface area contributed by atoms with Gasteiger partial charge in [-0.1, -0.05) is 12.1 Å². The summed E-state index contributed by atoms with van der Waals surface area (Å²) in [6.07, 6.45) is -3.99. The number of morpholine rings is 1. The smallest absolute Gasteiger partial charge is 0.378 e. The predicted molar refractivity (Wildman–Crippen MR) is 113 cm³/mol. The van der Waals surface area contributed by atoms with E-state index in [2.05, 4.69) is 49.8 Å². The molecule has 1 aliphatic rings. The molecule has 0 spiro atoms. The van der Waals surface area contributed by atoms with E-state index in [1.165, 1.54) is 5.69 Å². The Labute approximate surface area is 178 Å². The van der Waals surface area contributed by atoms with E-state index in [0.29, 0.717) is 37.0 Å². The fraction of sp³-hybridized carbons (Fsp3) is 0.500. The molecule has 10 heteroatoms. The maximum absolute atomic E-state index is 12.6. The monoisotopic (exact) mass is 441 g/mol. The summed E-state index contributed by atoms with van der Waals surface area (Å²) in [7, 11) is 0. The van der Waals surface area contributed by atoms with Crippen molar-refractivity contribution in [3.8, 4) is 0 Å². The van der Waals surface area contributed by atoms with Crippen LogP contribution in [0.2, 0.25) is 0 Å². The van der Waals surface area contributed by atoms with Gasteiger partial charge in [0, 0.05) is 43.7 Å². The largest absolute Gasteiger partial charge is 0.434 e. The Hall–Kier alpha value is -2.33. The van der Waals surface area contributed by atoms with Crippen LogP contribution >= 0.6 is 11.3 Å². The summed E-state index contributed by atoms with van der Waals surface area (Å²) < 4.78 is 43.3. The van der Waals surface area contributed by atoms with Gasteiger partial charge in [0.2, 0.25) is 0 Å². The van der Waals surface area contributed by atoms with E-state index in [4.69, 9.17) is 4.74 Å². The topological polar surface area (TPSA) is 61.8 Å². The average Bonchev–Trinajstić information content (AvgIpc) is 3.23. The molecule has 0 unspecified atom stereocenters. The van der Waals surface area contributed by atoms with E-state index in [1.807, 2.05) is 6.92 Å². The summed E-state index contributed by atoms with van der Waals surface area (Å²) in [6, 6.07) is 8.31. The van der Waals surface area contributed by atoms with Gasteiger partial charge in [-0.25, -0.2) is 9.98 Å². The number of ether oxygens (including phenoxy) is 1. The van der Waals surface area contributed by atoms with Gasteiger partial charge in [0.25, 0.3) is 0 Å². The first-order chi connectivity index (χ1) is 14.5. The summed E-state index contributed by atoms with van der Waals surface area (Å²) in [5.41, 5.74) is 1.43. The highest BCUT2D eigenvalue weighted by Crippen LogP contribution is 2.30. The van der Waals surface area contributed by atoms with Gasteiger partial charge < -0.3 is 20.3 Å². The molecule has 1 aliphatic heterocycles. The molecule has 1 fully saturated rings. The average molecular weight is 442 g/mol. The predicted octanol–water partition coefficient (Wildman–Crippen LogP) is 3.30. The lowest BCUT2D eigenvalue weighted by molar-refractivity contribution is -0.140. The minimum Gasteiger partial charge on any atom is -0.378 e. The SMILES string of the molecule is CCNC(=NCc1ccc(N2CCOCC2)cc1)NCCc1nc(C(F)(F)F)cs1. The fourth-order valence-corrected chi connectivity index (χ4v) is 3.79. The van der Waals surface area contributed by atoms with Gasteiger partial charge in [-0.05, 0) is 24.6 Å². The number of hydrogen-bond donors (Lipinski definition) is 2. The second kappa shape index (κ2) is 10.6. The third-order valence-corrected chi connectivity index (χ3v) is 5.46. The van der Waals surface area contributed by atoms with Gasteiger partial charge in [0.1, 0.15) is 0 Å². The number of thiazole rings is 1. The molecule has 0 atom stereocenters. The number of nitrogens with one attached hydrogen (secondary N) is 2. The Bertz CT molecular complexity index is 817. The molecule has 2 heterocycles. The number of aromatic nitrogens is 1. The lowest BCUT2D eigenvalue weighted by atomic mass is 10.2. The van der Waals surface area contributed by atoms with Gasteiger partial charge in [-0.2, -0.15) is 13.2 Å². The lowest BCUT2D eigenvalue weighted by Gasteiger charge is -2.28. The molecular formula is C20H26F3N5OS. The van der Waals surface area contributed by atoms with Gasteiger partial charge >= 0.3 is 6.18 Å². The molecule has 0 bridgehead atoms. The minimum atomic E-state index is -4.39. The standard InChI is InChI=1S/C20H26F3N5OS/c1-2-24-19(25-8-7-18-27-17(14-30-18)20(21,22)23)26-13-15-3-5-16(6-4-15)28-9-11-29-12-10-28/h3-6,14H,2,7-13H2,1H3,(H2,24,25,26). The van der Waals surface area contributed by atoms with Crippen molar-refractivity contribution in [2.24, 2.45) is 4.99 Å². The summed E-state index contributed by atoms with van der Waals surface area (Å²) in [6.45, 7) is 6.92. The number of hydrogen-bond acceptors (Lipinski definition) is 5. The van der Waals surface area contributed by atoms with Crippen molar-refractivity contribution < 1.29 is 17.9 Å². The maximum atomic E-state index is 12.6. The van der Waals surface area contributed by atoms with Crippen LogP contribution < -0.4 is 15.5 Å². The zero-order chi connectivity index (χ0) is 21.4. The van der Waals surface area contributed by atoms with E-state index in [0.717, 1.165) is 48.6 Å². The Morgan fingerprint density at radius 1 is 1.20 bits per heavy atom. The van der Waals surface area contributed by atoms with Crippen molar-refractivity contribution >= 4 is 23.0 Å². The summed E-state index contributed by atoms with van der Waals surface area (Å²) in [5.74, 6) is 0.627. The molecule has 1 aromatic carbocycles. The third-order valence-electron chi connectivity index (χ3n) is 4.55. The molecule has 0 saturated carbocycles. The molecule has 2 N–H and O–H groups in total. The van der Waals surface area contributed by atoms with E-state index in [-0.39, 0.29) is 0 Å². The molecule has 3 rings (SSSR count). The number of guanidine groups is 1. The van der Waals surface area contributed by atoms with Crippen molar-refractivity contribution in [3.05, 3.63) is 45.9 Å². The maximum Gasteiger partial charge on any atom is 0.434 e. The van der Waals surface area contributed by atoms with Crippen LogP contribution in [0.15, 0.2) is 34.6 Å². The summed E-state index contributed by atoms with van der Waals surface area (Å²) in [4.78, 5) is 10.5. The molecule has 0 amide bonds. The van der Waals surface area contributed by atoms with Crippen LogP contribution in [0.5, 0.6) is 0 Å². The zero-order valence-electron chi connectivity index (χ0n) is 16.8. The highest BCUT2D eigenvalue weighted by molar-refractivity contribution is 7.09. The van der Waals surface area contributed by atoms with Crippen LogP contribution in [-0.4, -0.2) is 50.3 Å². The molecular weight excluding hydrogens is 415 g/mol. The van der Waals surface area contributed by atoms with Crippen molar-refractivity contribution in [1.82, 2.24) is 15.6 Å². The molecule has 0 radical (unpaired) electrons. The summed E-state index contributed by atoms with van der Waals surface area (Å²) >= 11 is 1.02. The van der Waals surface area contributed by atoms with E-state index in [1.54, 1.807) is 0 Å². The van der Waals surface area contributed by atoms with Gasteiger partial charge in [0.15, 0.2) is 11.7 Å². The number of rotatable bonds is 7. The van der Waals surface area contributed by atoms with Crippen LogP contribution in [0.25, 0.3) is 0 Å². The first kappa shape index (κ1) is 22.4. The van der Waals surface area contributed by atoms with Gasteiger partial charge in [0.05, 0.1) is 24.8 Å². The molecule has 1 saturated heterocycles. The van der Waals surface area contributed by atoms with Crippen molar-refractivity contribution in [2.75, 3.05) is 44.3 Å². The number of halogens is 3. The van der Waals surface area contributed by atoms with Crippen molar-refractivity contribution in [2.45, 2.75) is 26.1 Å². The number of nitrogens with zero attached hydrogens (tertiary/aromatic N) is 3. The third kappa shape index (κ3) is 6.60. The number of anilines is 1. The van der Waals surface area contributed by atoms with Crippen LogP contribution in [0.1, 0.15) is 23.2 Å². The van der Waals surface area contributed by atoms with E-state index in [9.17, 15) is 13.2 Å². The molecule has 1 aromatic heterocycles. The lowest BCUT2D eigenvalue weighted by Crippen LogP contribution is -2.38. The van der Waals surface area contributed by atoms with E-state index < -0.39 is 11.9 Å². The Morgan fingerprint density at radius 3 is 2.57 bits per heavy atom. The number of aliphatic imine (C=N–C) groups is 1. The minimum absolute atomic E-state index is 0.402. The van der Waals surface area contributed by atoms with Crippen molar-refractivity contribution in [1.29, 1.82) is 0 Å². The second-order valence-electron chi connectivity index (χ2n) is 6.76. The number of benzene rings is 1. The second-order valence-corrected chi connectivity index (χ2v) is 7.70. The fourth-order valence-electron chi connectivity index (χ4n) is 2.99. The Balaban J connectivity index is 1.50. The first-order valence-electron chi connectivity index (χ1n) is 9.91. The van der Waals surface area contributed by atoms with Gasteiger partial charge in [-0.3, -0.25) is 0 Å². The molecule has 164 valence electrons. The van der Waals surface area contributed by atoms with Crippen LogP contribution in [-0.2, 0) is 23.9 Å². The van der Waals surface area contributed by atoms with E-state index >= 15 is 0 Å². The zero-order valence-corrected chi connectivity index (χ0v) is 17.7. The Kier molecular flexibility index (Phi) is 7.92. The van der Waals surface area contributed by atoms with Gasteiger partial charge in [-0.15, -0.1) is 11.3 Å². The molecule has 6 nitrogen and oxygen atoms in total. The normalized spacial score (nSPS) is 15.3. The van der Waals surface area contributed by atoms with Crippen LogP contribution in [0.3, 0.4) is 0 Å². The molecule has 2 aromatic rings. The number of alkyl halides is 3. The quantitative estimate of drug-likeness (QED) is 0.510. The highest BCUT2D eigenvalue weighted by atomic mass is 32.1. The van der Waals surface area contributed by atoms with Crippen molar-refractivity contribution in [3.63, 3.8) is 0 Å². The Morgan fingerprint density at radius 2 is 1.93 bits per heavy atom. The van der Waals surface area contributed by atoms with Crippen LogP contribution in [0.4, 0.5) is 18.9 Å². The first-order valence-corrected chi connectivity index (χ1v) is 10.8. The van der Waals surface area contributed by atoms with Crippen LogP contribution in [0, 0.1) is 0 Å². The highest BCUT2D eigenvalue weighted by Gasteiger charge is 2.33. The molecule has 0 aliphatic carbocycles. The summed E-state index contributed by atoms with van der Waals surface area (Å²) in [5, 5.41) is 7.80. The molecule has 30 heavy (non-hydrogen) atoms.